The van der Waals surface area contributed by atoms with E-state index in [1.54, 1.807) is 4.90 Å². The van der Waals surface area contributed by atoms with Crippen LogP contribution in [0.1, 0.15) is 25.0 Å². The standard InChI is InChI=1S/C19H18BrNO2/c1-19(2,15-11-7-4-8-12-15)21-13-23-17(16(20)18(21)22)14-9-5-3-6-10-14/h3-12H,13H2,1-2H3. The second-order valence-corrected chi connectivity index (χ2v) is 6.73. The molecule has 1 amide bonds. The fourth-order valence-corrected chi connectivity index (χ4v) is 3.24. The van der Waals surface area contributed by atoms with Gasteiger partial charge >= 0.3 is 0 Å². The van der Waals surface area contributed by atoms with Gasteiger partial charge in [0.15, 0.2) is 6.73 Å². The van der Waals surface area contributed by atoms with Crippen LogP contribution in [0.25, 0.3) is 5.76 Å². The number of amides is 1. The van der Waals surface area contributed by atoms with Gasteiger partial charge in [-0.2, -0.15) is 0 Å². The Kier molecular flexibility index (Phi) is 4.26. The summed E-state index contributed by atoms with van der Waals surface area (Å²) in [5, 5.41) is 0. The predicted molar refractivity (Wildman–Crippen MR) is 94.6 cm³/mol. The SMILES string of the molecule is CC(C)(c1ccccc1)N1COC(c2ccccc2)=C(Br)C1=O. The maximum Gasteiger partial charge on any atom is 0.268 e. The van der Waals surface area contributed by atoms with E-state index in [1.807, 2.05) is 74.5 Å². The van der Waals surface area contributed by atoms with Crippen LogP contribution in [-0.2, 0) is 15.1 Å². The van der Waals surface area contributed by atoms with Gasteiger partial charge in [-0.1, -0.05) is 60.7 Å². The third kappa shape index (κ3) is 2.91. The first kappa shape index (κ1) is 15.8. The van der Waals surface area contributed by atoms with E-state index in [-0.39, 0.29) is 12.6 Å². The lowest BCUT2D eigenvalue weighted by Crippen LogP contribution is -2.48. The van der Waals surface area contributed by atoms with E-state index in [1.165, 1.54) is 0 Å². The summed E-state index contributed by atoms with van der Waals surface area (Å²) in [6, 6.07) is 19.6. The number of ether oxygens (including phenoxy) is 1. The van der Waals surface area contributed by atoms with Gasteiger partial charge < -0.3 is 4.74 Å². The van der Waals surface area contributed by atoms with Crippen LogP contribution in [0.3, 0.4) is 0 Å². The molecule has 118 valence electrons. The minimum Gasteiger partial charge on any atom is -0.471 e. The quantitative estimate of drug-likeness (QED) is 0.794. The first-order chi connectivity index (χ1) is 11.0. The second-order valence-electron chi connectivity index (χ2n) is 5.94. The molecule has 1 aliphatic rings. The Labute approximate surface area is 144 Å². The molecule has 3 rings (SSSR count). The number of halogens is 1. The molecule has 0 unspecified atom stereocenters. The Morgan fingerprint density at radius 2 is 1.57 bits per heavy atom. The Balaban J connectivity index is 1.95. The molecular formula is C19H18BrNO2. The smallest absolute Gasteiger partial charge is 0.268 e. The molecule has 0 fully saturated rings. The van der Waals surface area contributed by atoms with Crippen LogP contribution >= 0.6 is 15.9 Å². The molecule has 1 heterocycles. The van der Waals surface area contributed by atoms with E-state index in [0.29, 0.717) is 10.2 Å². The normalized spacial score (nSPS) is 15.6. The molecule has 0 aromatic heterocycles. The molecular weight excluding hydrogens is 354 g/mol. The first-order valence-electron chi connectivity index (χ1n) is 7.47. The predicted octanol–water partition coefficient (Wildman–Crippen LogP) is 4.50. The second kappa shape index (κ2) is 6.20. The van der Waals surface area contributed by atoms with Crippen LogP contribution in [0.15, 0.2) is 65.1 Å². The van der Waals surface area contributed by atoms with Gasteiger partial charge in [-0.05, 0) is 35.3 Å². The number of nitrogens with zero attached hydrogens (tertiary/aromatic N) is 1. The van der Waals surface area contributed by atoms with E-state index in [4.69, 9.17) is 4.74 Å². The van der Waals surface area contributed by atoms with Gasteiger partial charge in [0.2, 0.25) is 0 Å². The van der Waals surface area contributed by atoms with Crippen LogP contribution in [0.4, 0.5) is 0 Å². The van der Waals surface area contributed by atoms with Crippen LogP contribution in [-0.4, -0.2) is 17.5 Å². The lowest BCUT2D eigenvalue weighted by atomic mass is 9.92. The van der Waals surface area contributed by atoms with Gasteiger partial charge in [-0.3, -0.25) is 9.69 Å². The largest absolute Gasteiger partial charge is 0.471 e. The number of benzene rings is 2. The lowest BCUT2D eigenvalue weighted by molar-refractivity contribution is -0.139. The molecule has 23 heavy (non-hydrogen) atoms. The maximum atomic E-state index is 12.9. The first-order valence-corrected chi connectivity index (χ1v) is 8.26. The van der Waals surface area contributed by atoms with Gasteiger partial charge in [0.1, 0.15) is 10.2 Å². The van der Waals surface area contributed by atoms with Gasteiger partial charge in [0, 0.05) is 5.56 Å². The molecule has 1 aliphatic heterocycles. The zero-order valence-corrected chi connectivity index (χ0v) is 14.7. The van der Waals surface area contributed by atoms with Gasteiger partial charge in [0.05, 0.1) is 5.54 Å². The van der Waals surface area contributed by atoms with Crippen molar-refractivity contribution in [1.29, 1.82) is 0 Å². The topological polar surface area (TPSA) is 29.5 Å². The van der Waals surface area contributed by atoms with Crippen LogP contribution in [0.2, 0.25) is 0 Å². The fraction of sp³-hybridized carbons (Fsp3) is 0.211. The van der Waals surface area contributed by atoms with Crippen molar-refractivity contribution in [2.75, 3.05) is 6.73 Å². The van der Waals surface area contributed by atoms with Crippen molar-refractivity contribution in [2.24, 2.45) is 0 Å². The Morgan fingerprint density at radius 1 is 1.00 bits per heavy atom. The molecule has 0 bridgehead atoms. The van der Waals surface area contributed by atoms with Gasteiger partial charge in [-0.25, -0.2) is 0 Å². The monoisotopic (exact) mass is 371 g/mol. The summed E-state index contributed by atoms with van der Waals surface area (Å²) in [5.74, 6) is 0.527. The summed E-state index contributed by atoms with van der Waals surface area (Å²) in [6.45, 7) is 4.27. The van der Waals surface area contributed by atoms with Crippen LogP contribution in [0, 0.1) is 0 Å². The molecule has 3 nitrogen and oxygen atoms in total. The summed E-state index contributed by atoms with van der Waals surface area (Å²) in [6.07, 6.45) is 0. The molecule has 0 N–H and O–H groups in total. The Hall–Kier alpha value is -2.07. The Bertz CT molecular complexity index is 738. The summed E-state index contributed by atoms with van der Waals surface area (Å²) in [4.78, 5) is 14.6. The van der Waals surface area contributed by atoms with Crippen molar-refractivity contribution >= 4 is 27.6 Å². The van der Waals surface area contributed by atoms with Crippen molar-refractivity contribution in [3.63, 3.8) is 0 Å². The third-order valence-electron chi connectivity index (χ3n) is 4.16. The maximum absolute atomic E-state index is 12.9. The average Bonchev–Trinajstić information content (AvgIpc) is 2.58. The highest BCUT2D eigenvalue weighted by Gasteiger charge is 2.38. The minimum atomic E-state index is -0.459. The number of rotatable bonds is 3. The Morgan fingerprint density at radius 3 is 2.17 bits per heavy atom. The summed E-state index contributed by atoms with van der Waals surface area (Å²) < 4.78 is 6.36. The number of hydrogen-bond donors (Lipinski definition) is 0. The zero-order chi connectivity index (χ0) is 16.4. The molecule has 0 aliphatic carbocycles. The lowest BCUT2D eigenvalue weighted by Gasteiger charge is -2.41. The highest BCUT2D eigenvalue weighted by molar-refractivity contribution is 9.12. The summed E-state index contributed by atoms with van der Waals surface area (Å²) >= 11 is 3.43. The minimum absolute atomic E-state index is 0.0658. The molecule has 2 aromatic rings. The van der Waals surface area contributed by atoms with Crippen molar-refractivity contribution in [2.45, 2.75) is 19.4 Å². The van der Waals surface area contributed by atoms with E-state index in [9.17, 15) is 4.79 Å². The van der Waals surface area contributed by atoms with Crippen molar-refractivity contribution in [3.05, 3.63) is 76.3 Å². The van der Waals surface area contributed by atoms with Gasteiger partial charge in [-0.15, -0.1) is 0 Å². The van der Waals surface area contributed by atoms with Crippen LogP contribution in [0.5, 0.6) is 0 Å². The average molecular weight is 372 g/mol. The van der Waals surface area contributed by atoms with Crippen LogP contribution < -0.4 is 0 Å². The zero-order valence-electron chi connectivity index (χ0n) is 13.1. The van der Waals surface area contributed by atoms with E-state index >= 15 is 0 Å². The van der Waals surface area contributed by atoms with Crippen molar-refractivity contribution in [1.82, 2.24) is 4.90 Å². The molecule has 2 aromatic carbocycles. The fourth-order valence-electron chi connectivity index (χ4n) is 2.68. The molecule has 4 heteroatoms. The summed E-state index contributed by atoms with van der Waals surface area (Å²) in [5.41, 5.74) is 1.50. The highest BCUT2D eigenvalue weighted by atomic mass is 79.9. The third-order valence-corrected chi connectivity index (χ3v) is 4.86. The number of carbonyl (C=O) groups excluding carboxylic acids is 1. The highest BCUT2D eigenvalue weighted by Crippen LogP contribution is 2.36. The van der Waals surface area contributed by atoms with Crippen molar-refractivity contribution < 1.29 is 9.53 Å². The number of hydrogen-bond acceptors (Lipinski definition) is 2. The van der Waals surface area contributed by atoms with Crippen molar-refractivity contribution in [3.8, 4) is 0 Å². The summed E-state index contributed by atoms with van der Waals surface area (Å²) in [7, 11) is 0. The molecule has 0 saturated carbocycles. The van der Waals surface area contributed by atoms with E-state index in [0.717, 1.165) is 11.1 Å². The number of carbonyl (C=O) groups is 1. The van der Waals surface area contributed by atoms with E-state index < -0.39 is 5.54 Å². The van der Waals surface area contributed by atoms with E-state index in [2.05, 4.69) is 15.9 Å². The molecule has 0 atom stereocenters. The molecule has 0 saturated heterocycles. The molecule has 0 spiro atoms. The van der Waals surface area contributed by atoms with Gasteiger partial charge in [0.25, 0.3) is 5.91 Å². The molecule has 0 radical (unpaired) electrons.